The van der Waals surface area contributed by atoms with Crippen LogP contribution in [0.25, 0.3) is 0 Å². The molecule has 2 N–H and O–H groups in total. The maximum atomic E-state index is 5.14. The lowest BCUT2D eigenvalue weighted by molar-refractivity contribution is 0.734. The van der Waals surface area contributed by atoms with E-state index in [0.29, 0.717) is 17.6 Å². The van der Waals surface area contributed by atoms with E-state index in [-0.39, 0.29) is 0 Å². The van der Waals surface area contributed by atoms with Crippen LogP contribution in [0.2, 0.25) is 0 Å². The quantitative estimate of drug-likeness (QED) is 0.614. The van der Waals surface area contributed by atoms with Crippen LogP contribution in [0.5, 0.6) is 0 Å². The zero-order chi connectivity index (χ0) is 12.7. The summed E-state index contributed by atoms with van der Waals surface area (Å²) < 4.78 is 0. The zero-order valence-corrected chi connectivity index (χ0v) is 11.3. The van der Waals surface area contributed by atoms with Gasteiger partial charge in [-0.2, -0.15) is 0 Å². The Labute approximate surface area is 109 Å². The van der Waals surface area contributed by atoms with Gasteiger partial charge in [0.05, 0.1) is 0 Å². The van der Waals surface area contributed by atoms with Crippen molar-refractivity contribution in [1.29, 1.82) is 0 Å². The van der Waals surface area contributed by atoms with E-state index in [0.717, 1.165) is 12.1 Å². The average molecular weight is 248 g/mol. The smallest absolute Gasteiger partial charge is 0.171 e. The molecule has 2 nitrogen and oxygen atoms in total. The molecule has 0 amide bonds. The molecular formula is C14H20N2S. The van der Waals surface area contributed by atoms with Gasteiger partial charge in [0.1, 0.15) is 0 Å². The molecule has 0 heterocycles. The predicted octanol–water partition coefficient (Wildman–Crippen LogP) is 3.67. The normalized spacial score (nSPS) is 11.6. The molecule has 3 heteroatoms. The second-order valence-electron chi connectivity index (χ2n) is 4.06. The van der Waals surface area contributed by atoms with Gasteiger partial charge in [0.2, 0.25) is 0 Å². The first-order valence-corrected chi connectivity index (χ1v) is 6.34. The Hall–Kier alpha value is -1.35. The molecule has 0 fully saturated rings. The monoisotopic (exact) mass is 248 g/mol. The maximum Gasteiger partial charge on any atom is 0.171 e. The van der Waals surface area contributed by atoms with Gasteiger partial charge in [-0.05, 0) is 42.3 Å². The van der Waals surface area contributed by atoms with Crippen LogP contribution in [0.15, 0.2) is 36.9 Å². The topological polar surface area (TPSA) is 24.1 Å². The number of anilines is 1. The van der Waals surface area contributed by atoms with Gasteiger partial charge in [0.15, 0.2) is 5.11 Å². The van der Waals surface area contributed by atoms with Crippen LogP contribution in [0.4, 0.5) is 5.69 Å². The Morgan fingerprint density at radius 1 is 1.41 bits per heavy atom. The van der Waals surface area contributed by atoms with Gasteiger partial charge in [0, 0.05) is 12.2 Å². The minimum absolute atomic E-state index is 0.606. The SMILES string of the molecule is C=CCNC(=S)Nc1ccc(C(C)CC)cc1. The van der Waals surface area contributed by atoms with Crippen LogP contribution in [-0.2, 0) is 0 Å². The molecule has 1 aromatic rings. The molecule has 92 valence electrons. The summed E-state index contributed by atoms with van der Waals surface area (Å²) in [6.07, 6.45) is 2.94. The van der Waals surface area contributed by atoms with Gasteiger partial charge in [-0.3, -0.25) is 0 Å². The van der Waals surface area contributed by atoms with E-state index in [4.69, 9.17) is 12.2 Å². The largest absolute Gasteiger partial charge is 0.359 e. The first-order valence-electron chi connectivity index (χ1n) is 5.93. The van der Waals surface area contributed by atoms with Gasteiger partial charge < -0.3 is 10.6 Å². The molecule has 0 spiro atoms. The van der Waals surface area contributed by atoms with E-state index in [1.807, 2.05) is 0 Å². The molecule has 1 atom stereocenters. The standard InChI is InChI=1S/C14H20N2S/c1-4-10-15-14(17)16-13-8-6-12(7-9-13)11(3)5-2/h4,6-9,11H,1,5,10H2,2-3H3,(H2,15,16,17). The minimum atomic E-state index is 0.606. The molecule has 0 aliphatic heterocycles. The maximum absolute atomic E-state index is 5.14. The third-order valence-electron chi connectivity index (χ3n) is 2.76. The summed E-state index contributed by atoms with van der Waals surface area (Å²) in [5, 5.41) is 6.79. The molecular weight excluding hydrogens is 228 g/mol. The number of nitrogens with one attached hydrogen (secondary N) is 2. The molecule has 0 aliphatic rings. The lowest BCUT2D eigenvalue weighted by Gasteiger charge is -2.12. The van der Waals surface area contributed by atoms with Gasteiger partial charge in [0.25, 0.3) is 0 Å². The van der Waals surface area contributed by atoms with E-state index in [1.54, 1.807) is 6.08 Å². The predicted molar refractivity (Wildman–Crippen MR) is 79.6 cm³/mol. The van der Waals surface area contributed by atoms with Crippen molar-refractivity contribution in [2.24, 2.45) is 0 Å². The fourth-order valence-corrected chi connectivity index (χ4v) is 1.67. The van der Waals surface area contributed by atoms with Gasteiger partial charge in [-0.25, -0.2) is 0 Å². The summed E-state index contributed by atoms with van der Waals surface area (Å²) >= 11 is 5.14. The highest BCUT2D eigenvalue weighted by Gasteiger charge is 2.02. The number of benzene rings is 1. The van der Waals surface area contributed by atoms with Crippen molar-refractivity contribution in [1.82, 2.24) is 5.32 Å². The van der Waals surface area contributed by atoms with Gasteiger partial charge in [-0.15, -0.1) is 6.58 Å². The van der Waals surface area contributed by atoms with Crippen molar-refractivity contribution in [2.45, 2.75) is 26.2 Å². The van der Waals surface area contributed by atoms with Gasteiger partial charge in [-0.1, -0.05) is 32.1 Å². The Kier molecular flexibility index (Phi) is 5.70. The van der Waals surface area contributed by atoms with Crippen molar-refractivity contribution in [2.75, 3.05) is 11.9 Å². The zero-order valence-electron chi connectivity index (χ0n) is 10.5. The molecule has 1 rings (SSSR count). The molecule has 0 bridgehead atoms. The average Bonchev–Trinajstić information content (AvgIpc) is 2.36. The number of hydrogen-bond acceptors (Lipinski definition) is 1. The van der Waals surface area contributed by atoms with E-state index in [2.05, 4.69) is 55.3 Å². The summed E-state index contributed by atoms with van der Waals surface area (Å²) in [6, 6.07) is 8.41. The Balaban J connectivity index is 2.56. The third kappa shape index (κ3) is 4.57. The van der Waals surface area contributed by atoms with Crippen LogP contribution >= 0.6 is 12.2 Å². The third-order valence-corrected chi connectivity index (χ3v) is 3.00. The summed E-state index contributed by atoms with van der Waals surface area (Å²) in [5.74, 6) is 0.606. The van der Waals surface area contributed by atoms with Crippen molar-refractivity contribution in [3.8, 4) is 0 Å². The molecule has 1 aromatic carbocycles. The Morgan fingerprint density at radius 3 is 2.59 bits per heavy atom. The lowest BCUT2D eigenvalue weighted by atomic mass is 9.99. The molecule has 0 saturated heterocycles. The van der Waals surface area contributed by atoms with Crippen molar-refractivity contribution >= 4 is 23.0 Å². The lowest BCUT2D eigenvalue weighted by Crippen LogP contribution is -2.28. The Bertz CT molecular complexity index is 370. The molecule has 0 aromatic heterocycles. The molecule has 0 saturated carbocycles. The van der Waals surface area contributed by atoms with E-state index in [9.17, 15) is 0 Å². The minimum Gasteiger partial charge on any atom is -0.359 e. The summed E-state index contributed by atoms with van der Waals surface area (Å²) in [5.41, 5.74) is 2.38. The fraction of sp³-hybridized carbons (Fsp3) is 0.357. The molecule has 0 aliphatic carbocycles. The fourth-order valence-electron chi connectivity index (χ4n) is 1.47. The Morgan fingerprint density at radius 2 is 2.06 bits per heavy atom. The molecule has 1 unspecified atom stereocenters. The first kappa shape index (κ1) is 13.7. The van der Waals surface area contributed by atoms with Crippen LogP contribution in [0.1, 0.15) is 31.7 Å². The number of rotatable bonds is 5. The summed E-state index contributed by atoms with van der Waals surface area (Å²) in [7, 11) is 0. The molecule has 17 heavy (non-hydrogen) atoms. The highest BCUT2D eigenvalue weighted by molar-refractivity contribution is 7.80. The van der Waals surface area contributed by atoms with Gasteiger partial charge >= 0.3 is 0 Å². The highest BCUT2D eigenvalue weighted by atomic mass is 32.1. The summed E-state index contributed by atoms with van der Waals surface area (Å²) in [4.78, 5) is 0. The van der Waals surface area contributed by atoms with Crippen LogP contribution in [0, 0.1) is 0 Å². The second kappa shape index (κ2) is 7.07. The van der Waals surface area contributed by atoms with Crippen molar-refractivity contribution in [3.05, 3.63) is 42.5 Å². The van der Waals surface area contributed by atoms with E-state index in [1.165, 1.54) is 5.56 Å². The number of thiocarbonyl (C=S) groups is 1. The second-order valence-corrected chi connectivity index (χ2v) is 4.46. The highest BCUT2D eigenvalue weighted by Crippen LogP contribution is 2.20. The van der Waals surface area contributed by atoms with E-state index >= 15 is 0 Å². The first-order chi connectivity index (χ1) is 8.17. The van der Waals surface area contributed by atoms with E-state index < -0.39 is 0 Å². The van der Waals surface area contributed by atoms with Crippen molar-refractivity contribution < 1.29 is 0 Å². The van der Waals surface area contributed by atoms with Crippen molar-refractivity contribution in [3.63, 3.8) is 0 Å². The molecule has 0 radical (unpaired) electrons. The summed E-state index contributed by atoms with van der Waals surface area (Å²) in [6.45, 7) is 8.74. The van der Waals surface area contributed by atoms with Crippen LogP contribution < -0.4 is 10.6 Å². The van der Waals surface area contributed by atoms with Crippen LogP contribution in [-0.4, -0.2) is 11.7 Å². The van der Waals surface area contributed by atoms with Crippen LogP contribution in [0.3, 0.4) is 0 Å². The number of hydrogen-bond donors (Lipinski definition) is 2.